The first kappa shape index (κ1) is 20.2. The second-order valence-electron chi connectivity index (χ2n) is 6.98. The molecule has 1 aliphatic rings. The lowest BCUT2D eigenvalue weighted by atomic mass is 10.0. The largest absolute Gasteiger partial charge is 0.444 e. The number of carbonyl (C=O) groups excluding carboxylic acids is 2. The average Bonchev–Trinajstić information content (AvgIpc) is 2.48. The van der Waals surface area contributed by atoms with Gasteiger partial charge in [0.15, 0.2) is 0 Å². The predicted molar refractivity (Wildman–Crippen MR) is 102 cm³/mol. The number of piperidine rings is 1. The van der Waals surface area contributed by atoms with Crippen LogP contribution in [-0.4, -0.2) is 41.6 Å². The van der Waals surface area contributed by atoms with E-state index < -0.39 is 17.5 Å². The predicted octanol–water partition coefficient (Wildman–Crippen LogP) is 4.21. The molecule has 1 fully saturated rings. The van der Waals surface area contributed by atoms with Gasteiger partial charge in [0.1, 0.15) is 11.4 Å². The van der Waals surface area contributed by atoms with Crippen molar-refractivity contribution in [3.63, 3.8) is 0 Å². The summed E-state index contributed by atoms with van der Waals surface area (Å²) in [5.41, 5.74) is -0.308. The Morgan fingerprint density at radius 2 is 2.08 bits per heavy atom. The van der Waals surface area contributed by atoms with E-state index in [-0.39, 0.29) is 22.5 Å². The summed E-state index contributed by atoms with van der Waals surface area (Å²) in [6.45, 7) is 6.31. The molecule has 0 spiro atoms. The van der Waals surface area contributed by atoms with Crippen LogP contribution in [0.3, 0.4) is 0 Å². The van der Waals surface area contributed by atoms with Crippen LogP contribution >= 0.6 is 34.2 Å². The van der Waals surface area contributed by atoms with Crippen molar-refractivity contribution in [2.24, 2.45) is 0 Å². The van der Waals surface area contributed by atoms with Crippen molar-refractivity contribution < 1.29 is 18.7 Å². The van der Waals surface area contributed by atoms with Gasteiger partial charge < -0.3 is 15.0 Å². The number of ether oxygens (including phenoxy) is 1. The molecule has 1 aromatic rings. The van der Waals surface area contributed by atoms with E-state index in [1.807, 2.05) is 22.6 Å². The Labute approximate surface area is 165 Å². The Balaban J connectivity index is 2.04. The first-order valence-corrected chi connectivity index (χ1v) is 9.46. The third-order valence-corrected chi connectivity index (χ3v) is 4.81. The van der Waals surface area contributed by atoms with E-state index in [1.54, 1.807) is 25.7 Å². The first-order chi connectivity index (χ1) is 11.6. The minimum atomic E-state index is -0.577. The SMILES string of the molecule is CC(C)(C)OC(=O)N[C@H]1CCCN(C(=O)c2cc(I)c(F)cc2Cl)C1. The second kappa shape index (κ2) is 8.07. The van der Waals surface area contributed by atoms with Gasteiger partial charge in [0.2, 0.25) is 0 Å². The molecule has 0 unspecified atom stereocenters. The van der Waals surface area contributed by atoms with Crippen LogP contribution in [0, 0.1) is 9.39 Å². The highest BCUT2D eigenvalue weighted by Crippen LogP contribution is 2.24. The summed E-state index contributed by atoms with van der Waals surface area (Å²) < 4.78 is 19.1. The molecular formula is C17H21ClFIN2O3. The number of hydrogen-bond donors (Lipinski definition) is 1. The van der Waals surface area contributed by atoms with Crippen molar-refractivity contribution in [3.8, 4) is 0 Å². The average molecular weight is 483 g/mol. The molecular weight excluding hydrogens is 462 g/mol. The molecule has 0 aromatic heterocycles. The van der Waals surface area contributed by atoms with Gasteiger partial charge >= 0.3 is 6.09 Å². The molecule has 0 saturated carbocycles. The zero-order valence-electron chi connectivity index (χ0n) is 14.4. The molecule has 1 aliphatic heterocycles. The minimum absolute atomic E-state index is 0.0881. The van der Waals surface area contributed by atoms with E-state index in [0.717, 1.165) is 18.9 Å². The summed E-state index contributed by atoms with van der Waals surface area (Å²) >= 11 is 7.85. The van der Waals surface area contributed by atoms with Crippen molar-refractivity contribution >= 4 is 46.2 Å². The summed E-state index contributed by atoms with van der Waals surface area (Å²) in [6, 6.07) is 2.41. The van der Waals surface area contributed by atoms with Gasteiger partial charge in [-0.25, -0.2) is 9.18 Å². The summed E-state index contributed by atoms with van der Waals surface area (Å²) in [5.74, 6) is -0.719. The molecule has 0 bridgehead atoms. The molecule has 138 valence electrons. The van der Waals surface area contributed by atoms with Gasteiger partial charge in [-0.15, -0.1) is 0 Å². The van der Waals surface area contributed by atoms with E-state index in [0.29, 0.717) is 16.7 Å². The van der Waals surface area contributed by atoms with E-state index >= 15 is 0 Å². The third kappa shape index (κ3) is 5.70. The number of nitrogens with zero attached hydrogens (tertiary/aromatic N) is 1. The maximum atomic E-state index is 13.5. The summed E-state index contributed by atoms with van der Waals surface area (Å²) in [4.78, 5) is 26.3. The quantitative estimate of drug-likeness (QED) is 0.507. The molecule has 1 aromatic carbocycles. The number of nitrogens with one attached hydrogen (secondary N) is 1. The lowest BCUT2D eigenvalue weighted by molar-refractivity contribution is 0.0452. The van der Waals surface area contributed by atoms with Crippen LogP contribution in [0.5, 0.6) is 0 Å². The Morgan fingerprint density at radius 3 is 2.72 bits per heavy atom. The third-order valence-electron chi connectivity index (χ3n) is 3.67. The Morgan fingerprint density at radius 1 is 1.40 bits per heavy atom. The molecule has 1 heterocycles. The second-order valence-corrected chi connectivity index (χ2v) is 8.55. The molecule has 5 nitrogen and oxygen atoms in total. The van der Waals surface area contributed by atoms with Crippen LogP contribution in [0.25, 0.3) is 0 Å². The van der Waals surface area contributed by atoms with E-state index in [9.17, 15) is 14.0 Å². The highest BCUT2D eigenvalue weighted by atomic mass is 127. The lowest BCUT2D eigenvalue weighted by Gasteiger charge is -2.33. The summed E-state index contributed by atoms with van der Waals surface area (Å²) in [6.07, 6.45) is 1.01. The fraction of sp³-hybridized carbons (Fsp3) is 0.529. The van der Waals surface area contributed by atoms with Crippen molar-refractivity contribution in [2.45, 2.75) is 45.3 Å². The molecule has 2 amide bonds. The maximum Gasteiger partial charge on any atom is 0.407 e. The number of alkyl carbamates (subject to hydrolysis) is 1. The number of likely N-dealkylation sites (tertiary alicyclic amines) is 1. The van der Waals surface area contributed by atoms with Crippen LogP contribution in [0.1, 0.15) is 44.0 Å². The van der Waals surface area contributed by atoms with Crippen LogP contribution in [0.2, 0.25) is 5.02 Å². The first-order valence-electron chi connectivity index (χ1n) is 8.00. The van der Waals surface area contributed by atoms with Crippen LogP contribution in [0.4, 0.5) is 9.18 Å². The molecule has 2 rings (SSSR count). The van der Waals surface area contributed by atoms with Gasteiger partial charge in [-0.3, -0.25) is 4.79 Å². The highest BCUT2D eigenvalue weighted by Gasteiger charge is 2.28. The molecule has 0 radical (unpaired) electrons. The van der Waals surface area contributed by atoms with Crippen LogP contribution < -0.4 is 5.32 Å². The van der Waals surface area contributed by atoms with Gasteiger partial charge in [0.25, 0.3) is 5.91 Å². The Kier molecular flexibility index (Phi) is 6.53. The van der Waals surface area contributed by atoms with E-state index in [2.05, 4.69) is 5.32 Å². The number of halogens is 3. The van der Waals surface area contributed by atoms with Gasteiger partial charge in [-0.05, 0) is 68.3 Å². The Bertz CT molecular complexity index is 679. The minimum Gasteiger partial charge on any atom is -0.444 e. The van der Waals surface area contributed by atoms with Crippen molar-refractivity contribution in [3.05, 3.63) is 32.1 Å². The van der Waals surface area contributed by atoms with E-state index in [4.69, 9.17) is 16.3 Å². The van der Waals surface area contributed by atoms with Crippen molar-refractivity contribution in [2.75, 3.05) is 13.1 Å². The maximum absolute atomic E-state index is 13.5. The van der Waals surface area contributed by atoms with Gasteiger partial charge in [-0.1, -0.05) is 11.6 Å². The monoisotopic (exact) mass is 482 g/mol. The smallest absolute Gasteiger partial charge is 0.407 e. The zero-order valence-corrected chi connectivity index (χ0v) is 17.3. The van der Waals surface area contributed by atoms with Crippen LogP contribution in [0.15, 0.2) is 12.1 Å². The normalized spacial score (nSPS) is 18.0. The molecule has 8 heteroatoms. The van der Waals surface area contributed by atoms with E-state index in [1.165, 1.54) is 6.07 Å². The number of hydrogen-bond acceptors (Lipinski definition) is 3. The van der Waals surface area contributed by atoms with Crippen molar-refractivity contribution in [1.82, 2.24) is 10.2 Å². The molecule has 1 N–H and O–H groups in total. The molecule has 0 aliphatic carbocycles. The van der Waals surface area contributed by atoms with Crippen molar-refractivity contribution in [1.29, 1.82) is 0 Å². The molecule has 1 atom stereocenters. The molecule has 25 heavy (non-hydrogen) atoms. The molecule has 1 saturated heterocycles. The topological polar surface area (TPSA) is 58.6 Å². The number of carbonyl (C=O) groups is 2. The summed E-state index contributed by atoms with van der Waals surface area (Å²) in [5, 5.41) is 2.89. The fourth-order valence-electron chi connectivity index (χ4n) is 2.61. The zero-order chi connectivity index (χ0) is 18.8. The van der Waals surface area contributed by atoms with Crippen LogP contribution in [-0.2, 0) is 4.74 Å². The van der Waals surface area contributed by atoms with Gasteiger partial charge in [0, 0.05) is 22.7 Å². The number of rotatable bonds is 2. The summed E-state index contributed by atoms with van der Waals surface area (Å²) in [7, 11) is 0. The lowest BCUT2D eigenvalue weighted by Crippen LogP contribution is -2.50. The fourth-order valence-corrected chi connectivity index (χ4v) is 3.31. The van der Waals surface area contributed by atoms with Gasteiger partial charge in [0.05, 0.1) is 10.6 Å². The number of benzene rings is 1. The highest BCUT2D eigenvalue weighted by molar-refractivity contribution is 14.1. The Hall–Kier alpha value is -1.09. The standard InChI is InChI=1S/C17H21ClFIN2O3/c1-17(2,3)25-16(24)21-10-5-4-6-22(9-10)15(23)11-7-14(20)13(19)8-12(11)18/h7-8,10H,4-6,9H2,1-3H3,(H,21,24)/t10-/m0/s1. The number of amides is 2. The van der Waals surface area contributed by atoms with Gasteiger partial charge in [-0.2, -0.15) is 0 Å².